The molecule has 3 nitrogen and oxygen atoms in total. The number of para-hydroxylation sites is 1. The van der Waals surface area contributed by atoms with Crippen molar-refractivity contribution < 1.29 is 23.1 Å². The van der Waals surface area contributed by atoms with E-state index in [-0.39, 0.29) is 18.4 Å². The molecule has 0 aliphatic rings. The number of halogens is 3. The van der Waals surface area contributed by atoms with Crippen molar-refractivity contribution >= 4 is 16.9 Å². The van der Waals surface area contributed by atoms with E-state index in [1.807, 2.05) is 0 Å². The molecule has 1 heterocycles. The smallest absolute Gasteiger partial charge is 0.418 e. The Morgan fingerprint density at radius 2 is 1.95 bits per heavy atom. The van der Waals surface area contributed by atoms with Gasteiger partial charge in [-0.25, -0.2) is 0 Å². The van der Waals surface area contributed by atoms with Crippen LogP contribution in [0.15, 0.2) is 30.3 Å². The normalized spacial score (nSPS) is 11.7. The minimum absolute atomic E-state index is 0.109. The van der Waals surface area contributed by atoms with Crippen LogP contribution >= 0.6 is 0 Å². The molecular weight excluding hydrogens is 259 g/mol. The molecule has 0 saturated carbocycles. The van der Waals surface area contributed by atoms with Crippen molar-refractivity contribution in [1.82, 2.24) is 4.98 Å². The van der Waals surface area contributed by atoms with Gasteiger partial charge in [0, 0.05) is 17.5 Å². The van der Waals surface area contributed by atoms with Gasteiger partial charge in [-0.2, -0.15) is 13.2 Å². The molecule has 0 aliphatic heterocycles. The highest BCUT2D eigenvalue weighted by Crippen LogP contribution is 2.33. The van der Waals surface area contributed by atoms with Crippen molar-refractivity contribution in [1.29, 1.82) is 0 Å². The third-order valence-electron chi connectivity index (χ3n) is 2.68. The predicted octanol–water partition coefficient (Wildman–Crippen LogP) is 3.27. The van der Waals surface area contributed by atoms with E-state index in [0.29, 0.717) is 11.1 Å². The number of aryl methyl sites for hydroxylation is 1. The first-order chi connectivity index (χ1) is 8.88. The number of hydrogen-bond donors (Lipinski definition) is 1. The largest absolute Gasteiger partial charge is 0.481 e. The molecule has 0 aliphatic carbocycles. The number of rotatable bonds is 3. The van der Waals surface area contributed by atoms with Crippen molar-refractivity contribution in [2.45, 2.75) is 19.0 Å². The summed E-state index contributed by atoms with van der Waals surface area (Å²) in [4.78, 5) is 14.4. The van der Waals surface area contributed by atoms with Crippen LogP contribution in [0.25, 0.3) is 10.9 Å². The van der Waals surface area contributed by atoms with E-state index in [9.17, 15) is 18.0 Å². The summed E-state index contributed by atoms with van der Waals surface area (Å²) in [5.74, 6) is -1.01. The molecule has 0 fully saturated rings. The van der Waals surface area contributed by atoms with Gasteiger partial charge in [-0.3, -0.25) is 9.78 Å². The summed E-state index contributed by atoms with van der Waals surface area (Å²) in [6, 6.07) is 6.90. The third-order valence-corrected chi connectivity index (χ3v) is 2.68. The van der Waals surface area contributed by atoms with Gasteiger partial charge in [0.15, 0.2) is 0 Å². The van der Waals surface area contributed by atoms with Crippen molar-refractivity contribution in [3.05, 3.63) is 41.6 Å². The van der Waals surface area contributed by atoms with Crippen LogP contribution in [-0.2, 0) is 17.4 Å². The van der Waals surface area contributed by atoms with Crippen LogP contribution in [0.2, 0.25) is 0 Å². The Kier molecular flexibility index (Phi) is 3.42. The van der Waals surface area contributed by atoms with Gasteiger partial charge in [0.1, 0.15) is 0 Å². The van der Waals surface area contributed by atoms with Crippen molar-refractivity contribution in [2.75, 3.05) is 0 Å². The van der Waals surface area contributed by atoms with Crippen LogP contribution in [0.4, 0.5) is 13.2 Å². The van der Waals surface area contributed by atoms with E-state index in [1.54, 1.807) is 12.1 Å². The first-order valence-electron chi connectivity index (χ1n) is 5.55. The fourth-order valence-corrected chi connectivity index (χ4v) is 1.79. The van der Waals surface area contributed by atoms with Gasteiger partial charge in [-0.1, -0.05) is 18.2 Å². The predicted molar refractivity (Wildman–Crippen MR) is 62.7 cm³/mol. The highest BCUT2D eigenvalue weighted by Gasteiger charge is 2.33. The van der Waals surface area contributed by atoms with Crippen LogP contribution in [0, 0.1) is 0 Å². The zero-order valence-corrected chi connectivity index (χ0v) is 9.74. The lowest BCUT2D eigenvalue weighted by Gasteiger charge is -2.10. The molecular formula is C13H10F3NO2. The first kappa shape index (κ1) is 13.3. The molecule has 0 spiro atoms. The summed E-state index contributed by atoms with van der Waals surface area (Å²) < 4.78 is 38.5. The molecule has 1 aromatic heterocycles. The lowest BCUT2D eigenvalue weighted by atomic mass is 10.1. The van der Waals surface area contributed by atoms with Gasteiger partial charge in [0.2, 0.25) is 0 Å². The van der Waals surface area contributed by atoms with Gasteiger partial charge < -0.3 is 5.11 Å². The van der Waals surface area contributed by atoms with Gasteiger partial charge in [-0.15, -0.1) is 0 Å². The van der Waals surface area contributed by atoms with E-state index < -0.39 is 17.7 Å². The molecule has 6 heteroatoms. The van der Waals surface area contributed by atoms with Crippen molar-refractivity contribution in [3.63, 3.8) is 0 Å². The number of pyridine rings is 1. The minimum atomic E-state index is -4.47. The molecule has 19 heavy (non-hydrogen) atoms. The Morgan fingerprint density at radius 1 is 1.21 bits per heavy atom. The zero-order chi connectivity index (χ0) is 14.0. The second-order valence-electron chi connectivity index (χ2n) is 4.07. The molecule has 0 saturated heterocycles. The summed E-state index contributed by atoms with van der Waals surface area (Å²) in [5.41, 5.74) is -0.605. The summed E-state index contributed by atoms with van der Waals surface area (Å²) >= 11 is 0. The Labute approximate surface area is 106 Å². The summed E-state index contributed by atoms with van der Waals surface area (Å²) in [5, 5.41) is 8.95. The first-order valence-corrected chi connectivity index (χ1v) is 5.55. The Bertz CT molecular complexity index is 623. The summed E-state index contributed by atoms with van der Waals surface area (Å²) in [6.45, 7) is 0. The zero-order valence-electron chi connectivity index (χ0n) is 9.74. The molecule has 100 valence electrons. The fraction of sp³-hybridized carbons (Fsp3) is 0.231. The highest BCUT2D eigenvalue weighted by molar-refractivity contribution is 5.82. The van der Waals surface area contributed by atoms with E-state index >= 15 is 0 Å². The van der Waals surface area contributed by atoms with Crippen LogP contribution in [0.3, 0.4) is 0 Å². The molecule has 2 rings (SSSR count). The molecule has 0 amide bonds. The summed E-state index contributed by atoms with van der Waals surface area (Å²) in [6.07, 6.45) is -4.53. The van der Waals surface area contributed by atoms with Crippen LogP contribution in [0.5, 0.6) is 0 Å². The van der Waals surface area contributed by atoms with Crippen LogP contribution < -0.4 is 0 Å². The third kappa shape index (κ3) is 3.01. The maximum atomic E-state index is 12.8. The van der Waals surface area contributed by atoms with Gasteiger partial charge in [0.05, 0.1) is 17.5 Å². The monoisotopic (exact) mass is 269 g/mol. The molecule has 0 unspecified atom stereocenters. The summed E-state index contributed by atoms with van der Waals surface area (Å²) in [7, 11) is 0. The molecule has 1 N–H and O–H groups in total. The maximum absolute atomic E-state index is 12.8. The maximum Gasteiger partial charge on any atom is 0.418 e. The quantitative estimate of drug-likeness (QED) is 0.930. The van der Waals surface area contributed by atoms with Crippen molar-refractivity contribution in [3.8, 4) is 0 Å². The number of fused-ring (bicyclic) bond motifs is 1. The number of carboxylic acid groups (broad SMARTS) is 1. The number of alkyl halides is 3. The average Bonchev–Trinajstić information content (AvgIpc) is 2.34. The number of carbonyl (C=O) groups is 1. The molecule has 0 radical (unpaired) electrons. The Morgan fingerprint density at radius 3 is 2.58 bits per heavy atom. The van der Waals surface area contributed by atoms with E-state index in [2.05, 4.69) is 4.98 Å². The number of benzene rings is 1. The number of aliphatic carboxylic acids is 1. The van der Waals surface area contributed by atoms with Crippen LogP contribution in [0.1, 0.15) is 17.7 Å². The highest BCUT2D eigenvalue weighted by atomic mass is 19.4. The van der Waals surface area contributed by atoms with Gasteiger partial charge in [-0.05, 0) is 12.1 Å². The van der Waals surface area contributed by atoms with Gasteiger partial charge >= 0.3 is 12.1 Å². The van der Waals surface area contributed by atoms with E-state index in [4.69, 9.17) is 5.11 Å². The van der Waals surface area contributed by atoms with Gasteiger partial charge in [0.25, 0.3) is 0 Å². The SMILES string of the molecule is O=C(O)CCc1ccc2cccc(C(F)(F)F)c2n1. The van der Waals surface area contributed by atoms with E-state index in [0.717, 1.165) is 6.07 Å². The second-order valence-corrected chi connectivity index (χ2v) is 4.07. The Balaban J connectivity index is 2.48. The lowest BCUT2D eigenvalue weighted by molar-refractivity contribution is -0.137. The number of aromatic nitrogens is 1. The number of carboxylic acids is 1. The molecule has 1 aromatic carbocycles. The lowest BCUT2D eigenvalue weighted by Crippen LogP contribution is -2.07. The van der Waals surface area contributed by atoms with Crippen LogP contribution in [-0.4, -0.2) is 16.1 Å². The fourth-order valence-electron chi connectivity index (χ4n) is 1.79. The number of hydrogen-bond acceptors (Lipinski definition) is 2. The minimum Gasteiger partial charge on any atom is -0.481 e. The molecule has 2 aromatic rings. The number of nitrogens with zero attached hydrogens (tertiary/aromatic N) is 1. The molecule has 0 atom stereocenters. The Hall–Kier alpha value is -2.11. The molecule has 0 bridgehead atoms. The topological polar surface area (TPSA) is 50.2 Å². The van der Waals surface area contributed by atoms with Crippen molar-refractivity contribution in [2.24, 2.45) is 0 Å². The average molecular weight is 269 g/mol. The second kappa shape index (κ2) is 4.87. The standard InChI is InChI=1S/C13H10F3NO2/c14-13(15,16)10-3-1-2-8-4-5-9(17-12(8)10)6-7-11(18)19/h1-5H,6-7H2,(H,18,19). The van der Waals surface area contributed by atoms with E-state index in [1.165, 1.54) is 12.1 Å².